The van der Waals surface area contributed by atoms with Crippen LogP contribution in [0.3, 0.4) is 0 Å². The van der Waals surface area contributed by atoms with Gasteiger partial charge in [0.2, 0.25) is 0 Å². The van der Waals surface area contributed by atoms with Gasteiger partial charge >= 0.3 is 0 Å². The molecule has 1 rings (SSSR count). The molecule has 0 saturated carbocycles. The Bertz CT molecular complexity index is 66.2. The van der Waals surface area contributed by atoms with E-state index in [-0.39, 0.29) is 5.92 Å². The molecule has 1 N–H and O–H groups in total. The molecule has 0 radical (unpaired) electrons. The van der Waals surface area contributed by atoms with Gasteiger partial charge in [0.25, 0.3) is 0 Å². The van der Waals surface area contributed by atoms with Crippen molar-refractivity contribution in [2.75, 3.05) is 13.1 Å². The smallest absolute Gasteiger partial charge is 0.115 e. The van der Waals surface area contributed by atoms with Crippen molar-refractivity contribution in [1.29, 1.82) is 0 Å². The second-order valence-corrected chi connectivity index (χ2v) is 2.49. The zero-order valence-corrected chi connectivity index (χ0v) is 9.15. The van der Waals surface area contributed by atoms with Crippen molar-refractivity contribution >= 4 is 0 Å². The minimum Gasteiger partial charge on any atom is -0.314 e. The highest BCUT2D eigenvalue weighted by Gasteiger charge is 2.18. The van der Waals surface area contributed by atoms with E-state index >= 15 is 0 Å². The van der Waals surface area contributed by atoms with Crippen LogP contribution in [0.15, 0.2) is 0 Å². The summed E-state index contributed by atoms with van der Waals surface area (Å²) >= 11 is 0. The maximum absolute atomic E-state index is 12.5. The number of alkyl halides is 1. The highest BCUT2D eigenvalue weighted by atomic mass is 19.1. The van der Waals surface area contributed by atoms with Crippen LogP contribution in [0, 0.1) is 5.92 Å². The van der Waals surface area contributed by atoms with Crippen molar-refractivity contribution in [3.63, 3.8) is 0 Å². The van der Waals surface area contributed by atoms with E-state index < -0.39 is 6.17 Å². The number of halogens is 1. The summed E-state index contributed by atoms with van der Waals surface area (Å²) in [6, 6.07) is 0. The highest BCUT2D eigenvalue weighted by molar-refractivity contribution is 4.73. The van der Waals surface area contributed by atoms with E-state index in [0.717, 1.165) is 13.0 Å². The first-order valence-electron chi connectivity index (χ1n) is 5.15. The molecule has 0 spiro atoms. The van der Waals surface area contributed by atoms with Gasteiger partial charge in [-0.15, -0.1) is 0 Å². The van der Waals surface area contributed by atoms with Crippen molar-refractivity contribution in [2.45, 2.75) is 47.2 Å². The van der Waals surface area contributed by atoms with Crippen LogP contribution in [-0.4, -0.2) is 19.3 Å². The van der Waals surface area contributed by atoms with Crippen LogP contribution in [-0.2, 0) is 0 Å². The highest BCUT2D eigenvalue weighted by Crippen LogP contribution is 2.13. The van der Waals surface area contributed by atoms with Crippen LogP contribution < -0.4 is 5.32 Å². The van der Waals surface area contributed by atoms with Gasteiger partial charge in [-0.05, 0) is 18.9 Å². The first-order valence-corrected chi connectivity index (χ1v) is 5.15. The molecule has 1 nitrogen and oxygen atoms in total. The van der Waals surface area contributed by atoms with Crippen LogP contribution in [0.1, 0.15) is 41.0 Å². The van der Waals surface area contributed by atoms with Crippen molar-refractivity contribution in [3.05, 3.63) is 0 Å². The van der Waals surface area contributed by atoms with E-state index in [1.54, 1.807) is 0 Å². The standard InChI is InChI=1S/C6H12FN.2C2H6/c1-5-2-3-8-4-6(5)7;2*1-2/h5-6,8H,2-4H2,1H3;2*1-2H3/t5?,6-;;/m0../s1. The van der Waals surface area contributed by atoms with Gasteiger partial charge in [0.15, 0.2) is 0 Å². The van der Waals surface area contributed by atoms with E-state index in [4.69, 9.17) is 0 Å². The molecule has 2 heteroatoms. The molecule has 1 saturated heterocycles. The second-order valence-electron chi connectivity index (χ2n) is 2.49. The minimum absolute atomic E-state index is 0.274. The van der Waals surface area contributed by atoms with Gasteiger partial charge in [0, 0.05) is 6.54 Å². The maximum Gasteiger partial charge on any atom is 0.115 e. The molecule has 0 aromatic heterocycles. The third kappa shape index (κ3) is 6.59. The Kier molecular flexibility index (Phi) is 13.1. The molecule has 0 amide bonds. The Labute approximate surface area is 76.7 Å². The second kappa shape index (κ2) is 10.9. The molecule has 0 aromatic rings. The lowest BCUT2D eigenvalue weighted by atomic mass is 9.99. The number of hydrogen-bond acceptors (Lipinski definition) is 1. The summed E-state index contributed by atoms with van der Waals surface area (Å²) in [4.78, 5) is 0. The zero-order chi connectivity index (χ0) is 9.98. The molecule has 76 valence electrons. The van der Waals surface area contributed by atoms with E-state index in [1.807, 2.05) is 34.6 Å². The predicted octanol–water partition coefficient (Wildman–Crippen LogP) is 3.01. The zero-order valence-electron chi connectivity index (χ0n) is 9.15. The third-order valence-corrected chi connectivity index (χ3v) is 1.73. The van der Waals surface area contributed by atoms with E-state index in [0.29, 0.717) is 6.54 Å². The van der Waals surface area contributed by atoms with Gasteiger partial charge in [0.05, 0.1) is 0 Å². The fourth-order valence-corrected chi connectivity index (χ4v) is 0.952. The Balaban J connectivity index is 0. The Hall–Kier alpha value is -0.110. The average molecular weight is 177 g/mol. The largest absolute Gasteiger partial charge is 0.314 e. The lowest BCUT2D eigenvalue weighted by molar-refractivity contribution is 0.194. The number of nitrogens with one attached hydrogen (secondary N) is 1. The number of hydrogen-bond donors (Lipinski definition) is 1. The van der Waals surface area contributed by atoms with Crippen molar-refractivity contribution in [3.8, 4) is 0 Å². The Morgan fingerprint density at radius 1 is 1.17 bits per heavy atom. The molecule has 1 heterocycles. The average Bonchev–Trinajstić information content (AvgIpc) is 2.17. The van der Waals surface area contributed by atoms with Crippen molar-refractivity contribution in [2.24, 2.45) is 5.92 Å². The van der Waals surface area contributed by atoms with E-state index in [9.17, 15) is 4.39 Å². The Morgan fingerprint density at radius 2 is 1.67 bits per heavy atom. The van der Waals surface area contributed by atoms with Crippen LogP contribution in [0.25, 0.3) is 0 Å². The molecule has 1 unspecified atom stereocenters. The normalized spacial score (nSPS) is 27.5. The molecule has 0 aromatic carbocycles. The molecule has 2 atom stereocenters. The predicted molar refractivity (Wildman–Crippen MR) is 54.2 cm³/mol. The van der Waals surface area contributed by atoms with Crippen molar-refractivity contribution in [1.82, 2.24) is 5.32 Å². The van der Waals surface area contributed by atoms with Gasteiger partial charge < -0.3 is 5.32 Å². The van der Waals surface area contributed by atoms with Crippen LogP contribution in [0.5, 0.6) is 0 Å². The number of piperidine rings is 1. The summed E-state index contributed by atoms with van der Waals surface area (Å²) in [6.07, 6.45) is 0.380. The molecular formula is C10H24FN. The lowest BCUT2D eigenvalue weighted by Gasteiger charge is -2.22. The first-order chi connectivity index (χ1) is 5.80. The monoisotopic (exact) mass is 177 g/mol. The molecule has 1 aliphatic rings. The molecule has 12 heavy (non-hydrogen) atoms. The quantitative estimate of drug-likeness (QED) is 0.600. The fraction of sp³-hybridized carbons (Fsp3) is 1.00. The van der Waals surface area contributed by atoms with Crippen LogP contribution in [0.2, 0.25) is 0 Å². The molecular weight excluding hydrogens is 153 g/mol. The third-order valence-electron chi connectivity index (χ3n) is 1.73. The summed E-state index contributed by atoms with van der Waals surface area (Å²) in [5, 5.41) is 2.99. The van der Waals surface area contributed by atoms with Gasteiger partial charge in [-0.1, -0.05) is 34.6 Å². The summed E-state index contributed by atoms with van der Waals surface area (Å²) in [5.41, 5.74) is 0. The summed E-state index contributed by atoms with van der Waals surface area (Å²) < 4.78 is 12.5. The van der Waals surface area contributed by atoms with E-state index in [1.165, 1.54) is 0 Å². The van der Waals surface area contributed by atoms with Gasteiger partial charge in [0.1, 0.15) is 6.17 Å². The van der Waals surface area contributed by atoms with E-state index in [2.05, 4.69) is 5.32 Å². The van der Waals surface area contributed by atoms with Crippen molar-refractivity contribution < 1.29 is 4.39 Å². The maximum atomic E-state index is 12.5. The molecule has 1 fully saturated rings. The lowest BCUT2D eigenvalue weighted by Crippen LogP contribution is -2.36. The van der Waals surface area contributed by atoms with Gasteiger partial charge in [-0.3, -0.25) is 0 Å². The summed E-state index contributed by atoms with van der Waals surface area (Å²) in [5.74, 6) is 0.274. The molecule has 0 aliphatic carbocycles. The van der Waals surface area contributed by atoms with Gasteiger partial charge in [-0.25, -0.2) is 4.39 Å². The van der Waals surface area contributed by atoms with Crippen LogP contribution in [0.4, 0.5) is 4.39 Å². The van der Waals surface area contributed by atoms with Gasteiger partial charge in [-0.2, -0.15) is 0 Å². The topological polar surface area (TPSA) is 12.0 Å². The minimum atomic E-state index is -0.608. The summed E-state index contributed by atoms with van der Waals surface area (Å²) in [7, 11) is 0. The number of rotatable bonds is 0. The Morgan fingerprint density at radius 3 is 1.92 bits per heavy atom. The molecule has 0 bridgehead atoms. The summed E-state index contributed by atoms with van der Waals surface area (Å²) in [6.45, 7) is 11.5. The SMILES string of the molecule is CC.CC.CC1CCNC[C@@H]1F. The fourth-order valence-electron chi connectivity index (χ4n) is 0.952. The molecule has 1 aliphatic heterocycles. The van der Waals surface area contributed by atoms with Crippen LogP contribution >= 0.6 is 0 Å². The first kappa shape index (κ1) is 14.4.